The fraction of sp³-hybridized carbons (Fsp3) is 0.407. The van der Waals surface area contributed by atoms with E-state index < -0.39 is 18.1 Å². The van der Waals surface area contributed by atoms with Gasteiger partial charge in [0.1, 0.15) is 17.7 Å². The van der Waals surface area contributed by atoms with Gasteiger partial charge in [-0.2, -0.15) is 0 Å². The number of nitrogens with one attached hydrogen (secondary N) is 2. The SMILES string of the molecule is COCc1ccc(OC(F)(F)F)c(CNC(=O)Nc2c(C)c(OC3CCN(C)CC3)nn2-c2ccccc2)c1. The molecule has 1 saturated heterocycles. The van der Waals surface area contributed by atoms with Crippen molar-refractivity contribution in [3.05, 3.63) is 65.2 Å². The number of piperidine rings is 1. The smallest absolute Gasteiger partial charge is 0.473 e. The zero-order chi connectivity index (χ0) is 28.0. The van der Waals surface area contributed by atoms with Gasteiger partial charge in [-0.3, -0.25) is 5.32 Å². The van der Waals surface area contributed by atoms with Gasteiger partial charge < -0.3 is 24.4 Å². The Labute approximate surface area is 224 Å². The Balaban J connectivity index is 1.53. The summed E-state index contributed by atoms with van der Waals surface area (Å²) >= 11 is 0. The number of urea groups is 1. The molecule has 0 atom stereocenters. The number of rotatable bonds is 9. The number of amides is 2. The van der Waals surface area contributed by atoms with Gasteiger partial charge in [-0.25, -0.2) is 9.48 Å². The van der Waals surface area contributed by atoms with Crippen LogP contribution < -0.4 is 20.1 Å². The van der Waals surface area contributed by atoms with Crippen LogP contribution in [-0.4, -0.2) is 60.4 Å². The van der Waals surface area contributed by atoms with Crippen LogP contribution in [0.15, 0.2) is 48.5 Å². The van der Waals surface area contributed by atoms with Crippen molar-refractivity contribution in [3.63, 3.8) is 0 Å². The number of hydrogen-bond acceptors (Lipinski definition) is 6. The standard InChI is InChI=1S/C27H32F3N5O4/c1-18-24(32-26(36)31-16-20-15-19(17-37-3)9-10-23(20)39-27(28,29)30)35(21-7-5-4-6-8-21)33-25(18)38-22-11-13-34(2)14-12-22/h4-10,15,22H,11-14,16-17H2,1-3H3,(H2,31,32,36). The third kappa shape index (κ3) is 7.64. The summed E-state index contributed by atoms with van der Waals surface area (Å²) in [5.74, 6) is 0.403. The van der Waals surface area contributed by atoms with Crippen LogP contribution in [0.2, 0.25) is 0 Å². The van der Waals surface area contributed by atoms with Gasteiger partial charge in [0.15, 0.2) is 0 Å². The number of carbonyl (C=O) groups is 1. The first-order chi connectivity index (χ1) is 18.6. The third-order valence-corrected chi connectivity index (χ3v) is 6.36. The number of methoxy groups -OCH3 is 1. The first kappa shape index (κ1) is 28.2. The molecule has 9 nitrogen and oxygen atoms in total. The molecule has 4 rings (SSSR count). The van der Waals surface area contributed by atoms with Gasteiger partial charge in [-0.1, -0.05) is 24.3 Å². The molecule has 2 N–H and O–H groups in total. The molecule has 0 spiro atoms. The van der Waals surface area contributed by atoms with E-state index in [1.54, 1.807) is 11.6 Å². The average Bonchev–Trinajstić information content (AvgIpc) is 3.20. The molecule has 1 fully saturated rings. The van der Waals surface area contributed by atoms with Gasteiger partial charge in [0.05, 0.1) is 17.9 Å². The van der Waals surface area contributed by atoms with Crippen molar-refractivity contribution in [1.82, 2.24) is 20.0 Å². The van der Waals surface area contributed by atoms with Crippen molar-refractivity contribution in [2.45, 2.75) is 45.4 Å². The Morgan fingerprint density at radius 2 is 1.85 bits per heavy atom. The van der Waals surface area contributed by atoms with Crippen LogP contribution in [0.4, 0.5) is 23.8 Å². The average molecular weight is 548 g/mol. The minimum Gasteiger partial charge on any atom is -0.473 e. The lowest BCUT2D eigenvalue weighted by molar-refractivity contribution is -0.274. The Bertz CT molecular complexity index is 1260. The van der Waals surface area contributed by atoms with Crippen molar-refractivity contribution in [2.75, 3.05) is 32.6 Å². The summed E-state index contributed by atoms with van der Waals surface area (Å²) in [7, 11) is 3.55. The van der Waals surface area contributed by atoms with E-state index in [9.17, 15) is 18.0 Å². The van der Waals surface area contributed by atoms with Crippen LogP contribution >= 0.6 is 0 Å². The van der Waals surface area contributed by atoms with E-state index in [4.69, 9.17) is 9.47 Å². The van der Waals surface area contributed by atoms with E-state index in [1.165, 1.54) is 25.3 Å². The summed E-state index contributed by atoms with van der Waals surface area (Å²) in [5, 5.41) is 10.0. The number of halogens is 3. The Hall–Kier alpha value is -3.77. The molecule has 0 aliphatic carbocycles. The highest BCUT2D eigenvalue weighted by Gasteiger charge is 2.32. The lowest BCUT2D eigenvalue weighted by Gasteiger charge is -2.28. The summed E-state index contributed by atoms with van der Waals surface area (Å²) in [6.45, 7) is 3.62. The molecule has 0 bridgehead atoms. The molecule has 0 saturated carbocycles. The molecule has 1 aliphatic rings. The third-order valence-electron chi connectivity index (χ3n) is 6.36. The van der Waals surface area contributed by atoms with Crippen LogP contribution in [-0.2, 0) is 17.9 Å². The van der Waals surface area contributed by atoms with Gasteiger partial charge >= 0.3 is 12.4 Å². The predicted molar refractivity (Wildman–Crippen MR) is 139 cm³/mol. The van der Waals surface area contributed by atoms with Crippen molar-refractivity contribution in [2.24, 2.45) is 0 Å². The number of likely N-dealkylation sites (tertiary alicyclic amines) is 1. The number of aromatic nitrogens is 2. The zero-order valence-electron chi connectivity index (χ0n) is 22.0. The molecule has 2 heterocycles. The Morgan fingerprint density at radius 1 is 1.13 bits per heavy atom. The van der Waals surface area contributed by atoms with Crippen molar-refractivity contribution >= 4 is 11.8 Å². The number of anilines is 1. The van der Waals surface area contributed by atoms with Gasteiger partial charge in [-0.15, -0.1) is 18.3 Å². The number of benzene rings is 2. The van der Waals surface area contributed by atoms with E-state index in [0.717, 1.165) is 25.9 Å². The van der Waals surface area contributed by atoms with E-state index in [-0.39, 0.29) is 24.8 Å². The maximum Gasteiger partial charge on any atom is 0.573 e. The van der Waals surface area contributed by atoms with E-state index in [0.29, 0.717) is 28.5 Å². The van der Waals surface area contributed by atoms with Crippen LogP contribution in [0, 0.1) is 6.92 Å². The molecule has 1 aromatic heterocycles. The second-order valence-electron chi connectivity index (χ2n) is 9.38. The molecule has 210 valence electrons. The molecule has 1 aliphatic heterocycles. The summed E-state index contributed by atoms with van der Waals surface area (Å²) in [6, 6.07) is 12.8. The minimum atomic E-state index is -4.87. The first-order valence-electron chi connectivity index (χ1n) is 12.5. The highest BCUT2D eigenvalue weighted by molar-refractivity contribution is 5.89. The molecule has 0 radical (unpaired) electrons. The zero-order valence-corrected chi connectivity index (χ0v) is 22.0. The second kappa shape index (κ2) is 12.4. The lowest BCUT2D eigenvalue weighted by atomic mass is 10.1. The number of alkyl halides is 3. The topological polar surface area (TPSA) is 89.9 Å². The fourth-order valence-corrected chi connectivity index (χ4v) is 4.33. The van der Waals surface area contributed by atoms with E-state index >= 15 is 0 Å². The summed E-state index contributed by atoms with van der Waals surface area (Å²) in [5.41, 5.74) is 2.13. The second-order valence-corrected chi connectivity index (χ2v) is 9.38. The maximum atomic E-state index is 13.0. The molecule has 2 aromatic carbocycles. The van der Waals surface area contributed by atoms with E-state index in [2.05, 4.69) is 32.4 Å². The molecular formula is C27H32F3N5O4. The lowest BCUT2D eigenvalue weighted by Crippen LogP contribution is -2.35. The number of carbonyl (C=O) groups excluding carboxylic acids is 1. The summed E-state index contributed by atoms with van der Waals surface area (Å²) in [6.07, 6.45) is -3.14. The molecule has 0 unspecified atom stereocenters. The Kier molecular flexibility index (Phi) is 8.97. The maximum absolute atomic E-state index is 13.0. The molecule has 3 aromatic rings. The number of ether oxygens (including phenoxy) is 3. The van der Waals surface area contributed by atoms with Crippen molar-refractivity contribution < 1.29 is 32.2 Å². The van der Waals surface area contributed by atoms with Gasteiger partial charge in [0.25, 0.3) is 0 Å². The number of nitrogens with zero attached hydrogens (tertiary/aromatic N) is 3. The largest absolute Gasteiger partial charge is 0.573 e. The minimum absolute atomic E-state index is 0.00660. The first-order valence-corrected chi connectivity index (χ1v) is 12.5. The normalized spacial score (nSPS) is 14.7. The predicted octanol–water partition coefficient (Wildman–Crippen LogP) is 5.02. The van der Waals surface area contributed by atoms with Crippen LogP contribution in [0.1, 0.15) is 29.5 Å². The molecule has 39 heavy (non-hydrogen) atoms. The van der Waals surface area contributed by atoms with Crippen molar-refractivity contribution in [1.29, 1.82) is 0 Å². The van der Waals surface area contributed by atoms with Crippen LogP contribution in [0.5, 0.6) is 11.6 Å². The van der Waals surface area contributed by atoms with Gasteiger partial charge in [0.2, 0.25) is 5.88 Å². The molecule has 12 heteroatoms. The monoisotopic (exact) mass is 547 g/mol. The van der Waals surface area contributed by atoms with Crippen LogP contribution in [0.25, 0.3) is 5.69 Å². The Morgan fingerprint density at radius 3 is 2.51 bits per heavy atom. The quantitative estimate of drug-likeness (QED) is 0.391. The molecule has 2 amide bonds. The summed E-state index contributed by atoms with van der Waals surface area (Å²) in [4.78, 5) is 15.2. The highest BCUT2D eigenvalue weighted by atomic mass is 19.4. The number of hydrogen-bond donors (Lipinski definition) is 2. The number of para-hydroxylation sites is 1. The molecular weight excluding hydrogens is 515 g/mol. The van der Waals surface area contributed by atoms with Crippen molar-refractivity contribution in [3.8, 4) is 17.3 Å². The van der Waals surface area contributed by atoms with Gasteiger partial charge in [-0.05, 0) is 56.6 Å². The van der Waals surface area contributed by atoms with E-state index in [1.807, 2.05) is 30.3 Å². The van der Waals surface area contributed by atoms with Gasteiger partial charge in [0, 0.05) is 32.3 Å². The highest BCUT2D eigenvalue weighted by Crippen LogP contribution is 2.31. The summed E-state index contributed by atoms with van der Waals surface area (Å²) < 4.78 is 55.8. The fourth-order valence-electron chi connectivity index (χ4n) is 4.33. The van der Waals surface area contributed by atoms with Crippen LogP contribution in [0.3, 0.4) is 0 Å².